The van der Waals surface area contributed by atoms with E-state index in [1.165, 1.54) is 7.11 Å². The topological polar surface area (TPSA) is 58.6 Å². The Morgan fingerprint density at radius 1 is 1.05 bits per heavy atom. The van der Waals surface area contributed by atoms with Crippen LogP contribution in [0.3, 0.4) is 0 Å². The fraction of sp³-hybridized carbons (Fsp3) is 0.176. The molecule has 0 aromatic heterocycles. The molecule has 1 N–H and O–H groups in total. The van der Waals surface area contributed by atoms with Gasteiger partial charge < -0.3 is 10.1 Å². The Kier molecular flexibility index (Phi) is 5.14. The third-order valence-corrected chi connectivity index (χ3v) is 3.27. The second-order valence-electron chi connectivity index (χ2n) is 4.74. The van der Waals surface area contributed by atoms with Gasteiger partial charge in [0.2, 0.25) is 0 Å². The SMILES string of the molecule is COC(=O)c1ccc(CNC(=O)N(C)c2ccccc2)cc1. The molecule has 2 amide bonds. The monoisotopic (exact) mass is 298 g/mol. The number of nitrogens with one attached hydrogen (secondary N) is 1. The number of urea groups is 1. The average molecular weight is 298 g/mol. The highest BCUT2D eigenvalue weighted by Crippen LogP contribution is 2.11. The summed E-state index contributed by atoms with van der Waals surface area (Å²) in [4.78, 5) is 25.0. The largest absolute Gasteiger partial charge is 0.465 e. The van der Waals surface area contributed by atoms with Gasteiger partial charge in [0, 0.05) is 19.3 Å². The Hall–Kier alpha value is -2.82. The molecule has 22 heavy (non-hydrogen) atoms. The molecule has 0 saturated heterocycles. The highest BCUT2D eigenvalue weighted by atomic mass is 16.5. The zero-order chi connectivity index (χ0) is 15.9. The van der Waals surface area contributed by atoms with E-state index in [4.69, 9.17) is 0 Å². The Morgan fingerprint density at radius 3 is 2.27 bits per heavy atom. The second kappa shape index (κ2) is 7.26. The van der Waals surface area contributed by atoms with Crippen LogP contribution in [0.1, 0.15) is 15.9 Å². The molecule has 0 fully saturated rings. The van der Waals surface area contributed by atoms with Crippen LogP contribution in [0.4, 0.5) is 10.5 Å². The Morgan fingerprint density at radius 2 is 1.68 bits per heavy atom. The average Bonchev–Trinajstić information content (AvgIpc) is 2.59. The number of carbonyl (C=O) groups is 2. The number of hydrogen-bond donors (Lipinski definition) is 1. The minimum absolute atomic E-state index is 0.191. The fourth-order valence-electron chi connectivity index (χ4n) is 1.94. The third kappa shape index (κ3) is 3.85. The number of ether oxygens (including phenoxy) is 1. The van der Waals surface area contributed by atoms with Crippen LogP contribution in [0.25, 0.3) is 0 Å². The first-order chi connectivity index (χ1) is 10.6. The molecule has 0 heterocycles. The molecule has 0 saturated carbocycles. The van der Waals surface area contributed by atoms with Crippen molar-refractivity contribution < 1.29 is 14.3 Å². The molecule has 0 aliphatic heterocycles. The van der Waals surface area contributed by atoms with E-state index in [9.17, 15) is 9.59 Å². The highest BCUT2D eigenvalue weighted by molar-refractivity contribution is 5.91. The Bertz CT molecular complexity index is 639. The fourth-order valence-corrected chi connectivity index (χ4v) is 1.94. The molecule has 5 nitrogen and oxygen atoms in total. The summed E-state index contributed by atoms with van der Waals surface area (Å²) in [6.07, 6.45) is 0. The van der Waals surface area contributed by atoms with Gasteiger partial charge in [0.25, 0.3) is 0 Å². The lowest BCUT2D eigenvalue weighted by Gasteiger charge is -2.18. The minimum atomic E-state index is -0.376. The second-order valence-corrected chi connectivity index (χ2v) is 4.74. The molecule has 2 rings (SSSR count). The molecule has 0 unspecified atom stereocenters. The zero-order valence-corrected chi connectivity index (χ0v) is 12.6. The number of nitrogens with zero attached hydrogens (tertiary/aromatic N) is 1. The quantitative estimate of drug-likeness (QED) is 0.883. The van der Waals surface area contributed by atoms with Crippen molar-refractivity contribution in [3.05, 3.63) is 65.7 Å². The van der Waals surface area contributed by atoms with E-state index >= 15 is 0 Å². The molecule has 0 spiro atoms. The summed E-state index contributed by atoms with van der Waals surface area (Å²) in [5.41, 5.74) is 2.21. The van der Waals surface area contributed by atoms with Crippen LogP contribution >= 0.6 is 0 Å². The van der Waals surface area contributed by atoms with Gasteiger partial charge in [-0.25, -0.2) is 9.59 Å². The number of esters is 1. The van der Waals surface area contributed by atoms with Gasteiger partial charge in [0.1, 0.15) is 0 Å². The zero-order valence-electron chi connectivity index (χ0n) is 12.6. The van der Waals surface area contributed by atoms with Gasteiger partial charge in [-0.2, -0.15) is 0 Å². The van der Waals surface area contributed by atoms with Gasteiger partial charge in [-0.05, 0) is 29.8 Å². The normalized spacial score (nSPS) is 9.91. The van der Waals surface area contributed by atoms with Crippen LogP contribution in [-0.4, -0.2) is 26.2 Å². The van der Waals surface area contributed by atoms with E-state index in [1.807, 2.05) is 30.3 Å². The van der Waals surface area contributed by atoms with E-state index < -0.39 is 0 Å². The van der Waals surface area contributed by atoms with Gasteiger partial charge >= 0.3 is 12.0 Å². The van der Waals surface area contributed by atoms with Gasteiger partial charge in [-0.1, -0.05) is 30.3 Å². The number of methoxy groups -OCH3 is 1. The van der Waals surface area contributed by atoms with Gasteiger partial charge in [-0.15, -0.1) is 0 Å². The molecule has 0 bridgehead atoms. The minimum Gasteiger partial charge on any atom is -0.465 e. The summed E-state index contributed by atoms with van der Waals surface area (Å²) in [7, 11) is 3.06. The summed E-state index contributed by atoms with van der Waals surface area (Å²) in [5.74, 6) is -0.376. The summed E-state index contributed by atoms with van der Waals surface area (Å²) in [6, 6.07) is 16.1. The van der Waals surface area contributed by atoms with Gasteiger partial charge in [-0.3, -0.25) is 4.90 Å². The number of rotatable bonds is 4. The van der Waals surface area contributed by atoms with E-state index in [2.05, 4.69) is 10.1 Å². The molecule has 2 aromatic carbocycles. The number of carbonyl (C=O) groups excluding carboxylic acids is 2. The molecular weight excluding hydrogens is 280 g/mol. The molecule has 0 atom stereocenters. The van der Waals surface area contributed by atoms with Crippen LogP contribution in [0, 0.1) is 0 Å². The summed E-state index contributed by atoms with van der Waals surface area (Å²) in [6.45, 7) is 0.386. The van der Waals surface area contributed by atoms with Crippen LogP contribution in [0.5, 0.6) is 0 Å². The number of amides is 2. The standard InChI is InChI=1S/C17H18N2O3/c1-19(15-6-4-3-5-7-15)17(21)18-12-13-8-10-14(11-9-13)16(20)22-2/h3-11H,12H2,1-2H3,(H,18,21). The molecule has 114 valence electrons. The van der Waals surface area contributed by atoms with E-state index in [0.29, 0.717) is 12.1 Å². The lowest BCUT2D eigenvalue weighted by Crippen LogP contribution is -2.36. The first-order valence-electron chi connectivity index (χ1n) is 6.85. The first kappa shape index (κ1) is 15.6. The first-order valence-corrected chi connectivity index (χ1v) is 6.85. The summed E-state index contributed by atoms with van der Waals surface area (Å²) < 4.78 is 4.64. The lowest BCUT2D eigenvalue weighted by atomic mass is 10.1. The predicted octanol–water partition coefficient (Wildman–Crippen LogP) is 2.82. The van der Waals surface area contributed by atoms with Crippen molar-refractivity contribution in [2.24, 2.45) is 0 Å². The number of hydrogen-bond acceptors (Lipinski definition) is 3. The number of anilines is 1. The van der Waals surface area contributed by atoms with Gasteiger partial charge in [0.15, 0.2) is 0 Å². The molecule has 5 heteroatoms. The Balaban J connectivity index is 1.92. The van der Waals surface area contributed by atoms with Crippen molar-refractivity contribution in [1.29, 1.82) is 0 Å². The van der Waals surface area contributed by atoms with E-state index in [1.54, 1.807) is 36.2 Å². The van der Waals surface area contributed by atoms with Crippen LogP contribution in [0.15, 0.2) is 54.6 Å². The molecule has 0 aliphatic rings. The maximum Gasteiger partial charge on any atom is 0.337 e. The van der Waals surface area contributed by atoms with Crippen molar-refractivity contribution in [2.45, 2.75) is 6.54 Å². The maximum atomic E-state index is 12.1. The van der Waals surface area contributed by atoms with Crippen molar-refractivity contribution in [3.63, 3.8) is 0 Å². The lowest BCUT2D eigenvalue weighted by molar-refractivity contribution is 0.0600. The van der Waals surface area contributed by atoms with Crippen LogP contribution < -0.4 is 10.2 Å². The van der Waals surface area contributed by atoms with Crippen molar-refractivity contribution in [3.8, 4) is 0 Å². The highest BCUT2D eigenvalue weighted by Gasteiger charge is 2.10. The molecule has 0 radical (unpaired) electrons. The molecular formula is C17H18N2O3. The smallest absolute Gasteiger partial charge is 0.337 e. The number of para-hydroxylation sites is 1. The van der Waals surface area contributed by atoms with Crippen molar-refractivity contribution in [1.82, 2.24) is 5.32 Å². The third-order valence-electron chi connectivity index (χ3n) is 3.27. The van der Waals surface area contributed by atoms with E-state index in [0.717, 1.165) is 11.3 Å². The van der Waals surface area contributed by atoms with E-state index in [-0.39, 0.29) is 12.0 Å². The number of benzene rings is 2. The molecule has 0 aliphatic carbocycles. The van der Waals surface area contributed by atoms with Crippen LogP contribution in [0.2, 0.25) is 0 Å². The Labute approximate surface area is 129 Å². The molecule has 2 aromatic rings. The summed E-state index contributed by atoms with van der Waals surface area (Å²) >= 11 is 0. The summed E-state index contributed by atoms with van der Waals surface area (Å²) in [5, 5.41) is 2.83. The maximum absolute atomic E-state index is 12.1. The predicted molar refractivity (Wildman–Crippen MR) is 84.9 cm³/mol. The van der Waals surface area contributed by atoms with Gasteiger partial charge in [0.05, 0.1) is 12.7 Å². The van der Waals surface area contributed by atoms with Crippen molar-refractivity contribution in [2.75, 3.05) is 19.1 Å². The van der Waals surface area contributed by atoms with Crippen molar-refractivity contribution >= 4 is 17.7 Å². The van der Waals surface area contributed by atoms with Crippen LogP contribution in [-0.2, 0) is 11.3 Å².